The molecule has 0 spiro atoms. The molecule has 0 bridgehead atoms. The summed E-state index contributed by atoms with van der Waals surface area (Å²) in [5, 5.41) is 9.30. The minimum absolute atomic E-state index is 0.0679. The first kappa shape index (κ1) is 22.7. The van der Waals surface area contributed by atoms with Crippen LogP contribution in [0.1, 0.15) is 22.6 Å². The molecule has 0 aromatic heterocycles. The first-order valence-corrected chi connectivity index (χ1v) is 9.48. The molecule has 1 atom stereocenters. The van der Waals surface area contributed by atoms with E-state index in [1.165, 1.54) is 0 Å². The lowest BCUT2D eigenvalue weighted by atomic mass is 9.91. The SMILES string of the molecule is C=Cc1c(F)c(F)c(Sc2ccc(C(c3ccc(O)cc3)C(F)(F)F)cc2)c(F)c1F. The fraction of sp³-hybridized carbons (Fsp3) is 0.0909. The summed E-state index contributed by atoms with van der Waals surface area (Å²) in [6.07, 6.45) is -4.02. The van der Waals surface area contributed by atoms with E-state index < -0.39 is 45.8 Å². The second-order valence-electron chi connectivity index (χ2n) is 6.44. The van der Waals surface area contributed by atoms with Crippen LogP contribution in [-0.2, 0) is 0 Å². The summed E-state index contributed by atoms with van der Waals surface area (Å²) in [6.45, 7) is 3.10. The molecule has 0 aliphatic carbocycles. The van der Waals surface area contributed by atoms with Crippen LogP contribution < -0.4 is 0 Å². The molecule has 0 fully saturated rings. The van der Waals surface area contributed by atoms with Crippen molar-refractivity contribution >= 4 is 17.8 Å². The molecule has 3 aromatic carbocycles. The summed E-state index contributed by atoms with van der Waals surface area (Å²) >= 11 is 0.335. The first-order chi connectivity index (χ1) is 14.5. The van der Waals surface area contributed by atoms with E-state index in [9.17, 15) is 35.8 Å². The Morgan fingerprint density at radius 1 is 0.774 bits per heavy atom. The van der Waals surface area contributed by atoms with Gasteiger partial charge in [0, 0.05) is 4.90 Å². The van der Waals surface area contributed by atoms with Gasteiger partial charge >= 0.3 is 6.18 Å². The van der Waals surface area contributed by atoms with Gasteiger partial charge < -0.3 is 5.11 Å². The fourth-order valence-electron chi connectivity index (χ4n) is 2.98. The Morgan fingerprint density at radius 2 is 1.23 bits per heavy atom. The minimum atomic E-state index is -4.66. The van der Waals surface area contributed by atoms with E-state index in [2.05, 4.69) is 6.58 Å². The van der Waals surface area contributed by atoms with Crippen LogP contribution >= 0.6 is 11.8 Å². The molecule has 0 aliphatic heterocycles. The van der Waals surface area contributed by atoms with E-state index >= 15 is 0 Å². The van der Waals surface area contributed by atoms with Gasteiger partial charge in [-0.15, -0.1) is 0 Å². The van der Waals surface area contributed by atoms with Crippen molar-refractivity contribution in [3.05, 3.63) is 95.1 Å². The number of rotatable bonds is 5. The van der Waals surface area contributed by atoms with Crippen LogP contribution in [0.15, 0.2) is 64.9 Å². The van der Waals surface area contributed by atoms with Crippen molar-refractivity contribution in [2.24, 2.45) is 0 Å². The number of benzene rings is 3. The summed E-state index contributed by atoms with van der Waals surface area (Å²) < 4.78 is 97.1. The van der Waals surface area contributed by atoms with Crippen LogP contribution in [0.5, 0.6) is 5.75 Å². The lowest BCUT2D eigenvalue weighted by Crippen LogP contribution is -2.21. The van der Waals surface area contributed by atoms with Crippen molar-refractivity contribution in [1.82, 2.24) is 0 Å². The molecule has 0 aliphatic rings. The monoisotopic (exact) mass is 458 g/mol. The molecule has 1 N–H and O–H groups in total. The topological polar surface area (TPSA) is 20.2 Å². The van der Waals surface area contributed by atoms with E-state index in [0.29, 0.717) is 17.8 Å². The molecule has 9 heteroatoms. The van der Waals surface area contributed by atoms with Gasteiger partial charge in [0.2, 0.25) is 0 Å². The third-order valence-corrected chi connectivity index (χ3v) is 5.52. The Hall–Kier alpha value is -2.94. The lowest BCUT2D eigenvalue weighted by molar-refractivity contribution is -0.141. The Bertz CT molecular complexity index is 1080. The van der Waals surface area contributed by atoms with Crippen molar-refractivity contribution in [2.45, 2.75) is 21.9 Å². The number of hydrogen-bond acceptors (Lipinski definition) is 2. The highest BCUT2D eigenvalue weighted by atomic mass is 32.2. The summed E-state index contributed by atoms with van der Waals surface area (Å²) in [4.78, 5) is -0.891. The summed E-state index contributed by atoms with van der Waals surface area (Å²) in [7, 11) is 0. The van der Waals surface area contributed by atoms with Crippen molar-refractivity contribution < 1.29 is 35.8 Å². The second-order valence-corrected chi connectivity index (χ2v) is 7.52. The predicted molar refractivity (Wildman–Crippen MR) is 103 cm³/mol. The molecule has 3 aromatic rings. The van der Waals surface area contributed by atoms with Gasteiger partial charge in [0.05, 0.1) is 10.5 Å². The van der Waals surface area contributed by atoms with Crippen LogP contribution in [0.2, 0.25) is 0 Å². The van der Waals surface area contributed by atoms with Gasteiger partial charge in [-0.3, -0.25) is 0 Å². The van der Waals surface area contributed by atoms with Crippen molar-refractivity contribution in [3.8, 4) is 5.75 Å². The summed E-state index contributed by atoms with van der Waals surface area (Å²) in [5.41, 5.74) is -1.23. The number of phenolic OH excluding ortho intramolecular Hbond substituents is 1. The average Bonchev–Trinajstić information content (AvgIpc) is 2.72. The minimum Gasteiger partial charge on any atom is -0.508 e. The highest BCUT2D eigenvalue weighted by Crippen LogP contribution is 2.42. The molecule has 0 saturated carbocycles. The number of aromatic hydroxyl groups is 1. The third kappa shape index (κ3) is 4.56. The van der Waals surface area contributed by atoms with Crippen LogP contribution in [0.3, 0.4) is 0 Å². The maximum absolute atomic E-state index is 14.2. The van der Waals surface area contributed by atoms with Gasteiger partial charge in [-0.05, 0) is 35.4 Å². The van der Waals surface area contributed by atoms with Gasteiger partial charge in [-0.1, -0.05) is 48.7 Å². The Kier molecular flexibility index (Phi) is 6.35. The normalized spacial score (nSPS) is 12.6. The molecule has 31 heavy (non-hydrogen) atoms. The van der Waals surface area contributed by atoms with Crippen LogP contribution in [-0.4, -0.2) is 11.3 Å². The highest BCUT2D eigenvalue weighted by molar-refractivity contribution is 7.99. The molecule has 1 nitrogen and oxygen atoms in total. The predicted octanol–water partition coefficient (Wildman–Crippen LogP) is 7.44. The number of alkyl halides is 3. The third-order valence-electron chi connectivity index (χ3n) is 4.45. The average molecular weight is 458 g/mol. The maximum Gasteiger partial charge on any atom is 0.399 e. The molecule has 0 amide bonds. The summed E-state index contributed by atoms with van der Waals surface area (Å²) in [6, 6.07) is 9.05. The molecule has 0 radical (unpaired) electrons. The first-order valence-electron chi connectivity index (χ1n) is 8.66. The van der Waals surface area contributed by atoms with Crippen LogP contribution in [0.4, 0.5) is 30.7 Å². The van der Waals surface area contributed by atoms with Gasteiger partial charge in [0.25, 0.3) is 0 Å². The van der Waals surface area contributed by atoms with E-state index in [-0.39, 0.29) is 21.8 Å². The molecule has 3 rings (SSSR count). The lowest BCUT2D eigenvalue weighted by Gasteiger charge is -2.21. The van der Waals surface area contributed by atoms with Gasteiger partial charge in [0.15, 0.2) is 23.3 Å². The summed E-state index contributed by atoms with van der Waals surface area (Å²) in [5.74, 6) is -8.68. The number of halogens is 7. The zero-order valence-corrected chi connectivity index (χ0v) is 16.3. The molecular weight excluding hydrogens is 445 g/mol. The largest absolute Gasteiger partial charge is 0.508 e. The standard InChI is InChI=1S/C22H13F7OS/c1-2-15-17(23)19(25)21(20(26)18(15)24)31-14-9-5-12(6-10-14)16(22(27,28)29)11-3-7-13(30)8-4-11/h2-10,16,30H,1H2. The van der Waals surface area contributed by atoms with Crippen molar-refractivity contribution in [3.63, 3.8) is 0 Å². The Labute approximate surface area is 176 Å². The van der Waals surface area contributed by atoms with Crippen LogP contribution in [0, 0.1) is 23.3 Å². The van der Waals surface area contributed by atoms with Crippen molar-refractivity contribution in [1.29, 1.82) is 0 Å². The number of phenols is 1. The maximum atomic E-state index is 14.2. The number of hydrogen-bond donors (Lipinski definition) is 1. The zero-order valence-electron chi connectivity index (χ0n) is 15.5. The smallest absolute Gasteiger partial charge is 0.399 e. The Morgan fingerprint density at radius 3 is 1.65 bits per heavy atom. The van der Waals surface area contributed by atoms with Gasteiger partial charge in [0.1, 0.15) is 11.7 Å². The molecular formula is C22H13F7OS. The van der Waals surface area contributed by atoms with E-state index in [4.69, 9.17) is 0 Å². The zero-order chi connectivity index (χ0) is 22.9. The molecule has 162 valence electrons. The molecule has 0 saturated heterocycles. The van der Waals surface area contributed by atoms with E-state index in [1.54, 1.807) is 0 Å². The van der Waals surface area contributed by atoms with Gasteiger partial charge in [-0.2, -0.15) is 13.2 Å². The quantitative estimate of drug-likeness (QED) is 0.317. The Balaban J connectivity index is 1.96. The van der Waals surface area contributed by atoms with Crippen molar-refractivity contribution in [2.75, 3.05) is 0 Å². The van der Waals surface area contributed by atoms with E-state index in [1.807, 2.05) is 0 Å². The second kappa shape index (κ2) is 8.66. The molecule has 1 unspecified atom stereocenters. The van der Waals surface area contributed by atoms with Crippen LogP contribution in [0.25, 0.3) is 6.08 Å². The van der Waals surface area contributed by atoms with Gasteiger partial charge in [-0.25, -0.2) is 17.6 Å². The fourth-order valence-corrected chi connectivity index (χ4v) is 3.85. The van der Waals surface area contributed by atoms with E-state index in [0.717, 1.165) is 48.5 Å². The molecule has 0 heterocycles. The highest BCUT2D eigenvalue weighted by Gasteiger charge is 2.41.